The molecule has 1 fully saturated rings. The molecule has 1 aromatic rings. The van der Waals surface area contributed by atoms with Crippen molar-refractivity contribution in [3.8, 4) is 5.75 Å². The van der Waals surface area contributed by atoms with Crippen molar-refractivity contribution in [2.45, 2.75) is 13.8 Å². The Hall–Kier alpha value is -1.22. The van der Waals surface area contributed by atoms with Gasteiger partial charge in [-0.05, 0) is 43.7 Å². The third kappa shape index (κ3) is 3.37. The first kappa shape index (κ1) is 12.2. The van der Waals surface area contributed by atoms with E-state index in [0.717, 1.165) is 38.5 Å². The number of ether oxygens (including phenoxy) is 1. The Bertz CT molecular complexity index is 337. The quantitative estimate of drug-likeness (QED) is 0.867. The van der Waals surface area contributed by atoms with Gasteiger partial charge in [0.15, 0.2) is 0 Å². The molecule has 0 aliphatic carbocycles. The first-order valence-electron chi connectivity index (χ1n) is 6.48. The van der Waals surface area contributed by atoms with Gasteiger partial charge in [-0.15, -0.1) is 0 Å². The Balaban J connectivity index is 2.04. The Labute approximate surface area is 104 Å². The summed E-state index contributed by atoms with van der Waals surface area (Å²) >= 11 is 0. The summed E-state index contributed by atoms with van der Waals surface area (Å²) < 4.78 is 5.46. The van der Waals surface area contributed by atoms with Crippen molar-refractivity contribution in [3.05, 3.63) is 24.3 Å². The van der Waals surface area contributed by atoms with Crippen LogP contribution in [0, 0.1) is 5.92 Å². The van der Waals surface area contributed by atoms with Gasteiger partial charge in [0.2, 0.25) is 0 Å². The van der Waals surface area contributed by atoms with Crippen molar-refractivity contribution in [3.63, 3.8) is 0 Å². The molecule has 0 saturated carbocycles. The number of hydrogen-bond acceptors (Lipinski definition) is 3. The van der Waals surface area contributed by atoms with Crippen LogP contribution in [0.5, 0.6) is 5.75 Å². The first-order chi connectivity index (χ1) is 8.29. The lowest BCUT2D eigenvalue weighted by Gasteiger charge is -2.24. The third-order valence-corrected chi connectivity index (χ3v) is 3.10. The summed E-state index contributed by atoms with van der Waals surface area (Å²) in [4.78, 5) is 2.44. The molecule has 3 heteroatoms. The zero-order valence-electron chi connectivity index (χ0n) is 10.8. The maximum absolute atomic E-state index is 5.46. The van der Waals surface area contributed by atoms with E-state index in [0.29, 0.717) is 5.92 Å². The fraction of sp³-hybridized carbons (Fsp3) is 0.571. The van der Waals surface area contributed by atoms with E-state index in [4.69, 9.17) is 4.74 Å². The minimum absolute atomic E-state index is 0.698. The van der Waals surface area contributed by atoms with Gasteiger partial charge in [0.1, 0.15) is 5.75 Å². The Kier molecular flexibility index (Phi) is 4.26. The Morgan fingerprint density at radius 1 is 1.35 bits per heavy atom. The van der Waals surface area contributed by atoms with E-state index in [9.17, 15) is 0 Å². The minimum atomic E-state index is 0.698. The van der Waals surface area contributed by atoms with Crippen molar-refractivity contribution in [1.82, 2.24) is 5.32 Å². The van der Waals surface area contributed by atoms with Crippen molar-refractivity contribution in [2.24, 2.45) is 5.92 Å². The minimum Gasteiger partial charge on any atom is -0.494 e. The second-order valence-electron chi connectivity index (χ2n) is 4.68. The van der Waals surface area contributed by atoms with Crippen LogP contribution in [-0.2, 0) is 0 Å². The molecule has 0 aromatic heterocycles. The summed E-state index contributed by atoms with van der Waals surface area (Å²) in [7, 11) is 0. The average molecular weight is 234 g/mol. The summed E-state index contributed by atoms with van der Waals surface area (Å²) in [5.41, 5.74) is 1.30. The van der Waals surface area contributed by atoms with Crippen LogP contribution in [-0.4, -0.2) is 32.8 Å². The molecule has 3 nitrogen and oxygen atoms in total. The topological polar surface area (TPSA) is 24.5 Å². The molecule has 1 aromatic carbocycles. The van der Waals surface area contributed by atoms with Gasteiger partial charge in [0.05, 0.1) is 6.61 Å². The van der Waals surface area contributed by atoms with Gasteiger partial charge in [-0.25, -0.2) is 0 Å². The summed E-state index contributed by atoms with van der Waals surface area (Å²) in [6, 6.07) is 8.43. The van der Waals surface area contributed by atoms with Crippen LogP contribution < -0.4 is 15.0 Å². The molecule has 0 bridgehead atoms. The maximum Gasteiger partial charge on any atom is 0.119 e. The van der Waals surface area contributed by atoms with E-state index in [2.05, 4.69) is 41.4 Å². The zero-order valence-corrected chi connectivity index (χ0v) is 10.8. The lowest BCUT2D eigenvalue weighted by molar-refractivity contribution is 0.340. The van der Waals surface area contributed by atoms with Crippen LogP contribution in [0.25, 0.3) is 0 Å². The van der Waals surface area contributed by atoms with E-state index in [1.54, 1.807) is 0 Å². The van der Waals surface area contributed by atoms with Crippen molar-refractivity contribution >= 4 is 5.69 Å². The van der Waals surface area contributed by atoms with Crippen LogP contribution in [0.1, 0.15) is 13.8 Å². The zero-order chi connectivity index (χ0) is 12.1. The molecule has 17 heavy (non-hydrogen) atoms. The summed E-state index contributed by atoms with van der Waals surface area (Å²) in [5, 5.41) is 3.46. The second kappa shape index (κ2) is 5.92. The standard InChI is InChI=1S/C14H22N2O/c1-3-17-14-6-4-13(5-7-14)16-9-8-15-10-12(2)11-16/h4-7,12,15H,3,8-11H2,1-2H3. The second-order valence-corrected chi connectivity index (χ2v) is 4.68. The summed E-state index contributed by atoms with van der Waals surface area (Å²) in [6.07, 6.45) is 0. The molecule has 0 radical (unpaired) electrons. The third-order valence-electron chi connectivity index (χ3n) is 3.10. The molecule has 1 aliphatic rings. The van der Waals surface area contributed by atoms with Gasteiger partial charge < -0.3 is 15.0 Å². The Morgan fingerprint density at radius 2 is 2.12 bits per heavy atom. The van der Waals surface area contributed by atoms with Gasteiger partial charge in [-0.1, -0.05) is 6.92 Å². The first-order valence-corrected chi connectivity index (χ1v) is 6.48. The van der Waals surface area contributed by atoms with Crippen molar-refractivity contribution in [2.75, 3.05) is 37.7 Å². The maximum atomic E-state index is 5.46. The fourth-order valence-electron chi connectivity index (χ4n) is 2.25. The highest BCUT2D eigenvalue weighted by Gasteiger charge is 2.14. The lowest BCUT2D eigenvalue weighted by Crippen LogP contribution is -2.29. The van der Waals surface area contributed by atoms with Gasteiger partial charge in [0.25, 0.3) is 0 Å². The smallest absolute Gasteiger partial charge is 0.119 e. The van der Waals surface area contributed by atoms with Crippen LogP contribution >= 0.6 is 0 Å². The lowest BCUT2D eigenvalue weighted by atomic mass is 10.1. The monoisotopic (exact) mass is 234 g/mol. The molecule has 1 heterocycles. The summed E-state index contributed by atoms with van der Waals surface area (Å²) in [6.45, 7) is 9.42. The highest BCUT2D eigenvalue weighted by molar-refractivity contribution is 5.49. The fourth-order valence-corrected chi connectivity index (χ4v) is 2.25. The van der Waals surface area contributed by atoms with Crippen molar-refractivity contribution in [1.29, 1.82) is 0 Å². The highest BCUT2D eigenvalue weighted by atomic mass is 16.5. The normalized spacial score (nSPS) is 21.1. The Morgan fingerprint density at radius 3 is 2.82 bits per heavy atom. The SMILES string of the molecule is CCOc1ccc(N2CCNCC(C)C2)cc1. The number of rotatable bonds is 3. The number of anilines is 1. The molecule has 0 amide bonds. The van der Waals surface area contributed by atoms with E-state index in [1.165, 1.54) is 5.69 Å². The van der Waals surface area contributed by atoms with E-state index in [-0.39, 0.29) is 0 Å². The molecular formula is C14H22N2O. The molecule has 2 rings (SSSR count). The number of benzene rings is 1. The summed E-state index contributed by atoms with van der Waals surface area (Å²) in [5.74, 6) is 1.65. The van der Waals surface area contributed by atoms with Gasteiger partial charge in [0, 0.05) is 25.3 Å². The number of nitrogens with zero attached hydrogens (tertiary/aromatic N) is 1. The largest absolute Gasteiger partial charge is 0.494 e. The molecule has 1 unspecified atom stereocenters. The van der Waals surface area contributed by atoms with Gasteiger partial charge >= 0.3 is 0 Å². The molecule has 1 atom stereocenters. The van der Waals surface area contributed by atoms with E-state index in [1.807, 2.05) is 6.92 Å². The molecule has 1 N–H and O–H groups in total. The van der Waals surface area contributed by atoms with Crippen LogP contribution in [0.15, 0.2) is 24.3 Å². The molecule has 0 spiro atoms. The number of hydrogen-bond donors (Lipinski definition) is 1. The highest BCUT2D eigenvalue weighted by Crippen LogP contribution is 2.20. The molecule has 1 saturated heterocycles. The molecular weight excluding hydrogens is 212 g/mol. The molecule has 94 valence electrons. The average Bonchev–Trinajstić information content (AvgIpc) is 2.55. The van der Waals surface area contributed by atoms with Gasteiger partial charge in [-0.2, -0.15) is 0 Å². The predicted molar refractivity (Wildman–Crippen MR) is 71.9 cm³/mol. The van der Waals surface area contributed by atoms with E-state index < -0.39 is 0 Å². The van der Waals surface area contributed by atoms with E-state index >= 15 is 0 Å². The van der Waals surface area contributed by atoms with Crippen LogP contribution in [0.4, 0.5) is 5.69 Å². The van der Waals surface area contributed by atoms with Crippen LogP contribution in [0.3, 0.4) is 0 Å². The van der Waals surface area contributed by atoms with Crippen LogP contribution in [0.2, 0.25) is 0 Å². The number of nitrogens with one attached hydrogen (secondary N) is 1. The van der Waals surface area contributed by atoms with Crippen molar-refractivity contribution < 1.29 is 4.74 Å². The molecule has 1 aliphatic heterocycles. The van der Waals surface area contributed by atoms with Gasteiger partial charge in [-0.3, -0.25) is 0 Å². The predicted octanol–water partition coefficient (Wildman–Crippen LogP) is 2.13.